The number of nitrogens with one attached hydrogen (secondary N) is 1. The lowest BCUT2D eigenvalue weighted by atomic mass is 9.91. The molecule has 2 aliphatic heterocycles. The van der Waals surface area contributed by atoms with Crippen LogP contribution in [0.4, 0.5) is 13.2 Å². The molecule has 3 aromatic carbocycles. The van der Waals surface area contributed by atoms with Gasteiger partial charge in [-0.15, -0.1) is 0 Å². The van der Waals surface area contributed by atoms with Gasteiger partial charge in [0, 0.05) is 42.7 Å². The van der Waals surface area contributed by atoms with E-state index in [4.69, 9.17) is 9.47 Å². The van der Waals surface area contributed by atoms with Crippen LogP contribution >= 0.6 is 11.8 Å². The normalized spacial score (nSPS) is 22.3. The molecule has 5 atom stereocenters. The van der Waals surface area contributed by atoms with Gasteiger partial charge in [0.05, 0.1) is 18.8 Å². The number of hydrogen-bond acceptors (Lipinski definition) is 8. The van der Waals surface area contributed by atoms with Crippen LogP contribution in [0.25, 0.3) is 11.1 Å². The number of halogens is 3. The van der Waals surface area contributed by atoms with Crippen molar-refractivity contribution in [3.63, 3.8) is 0 Å². The fraction of sp³-hybridized carbons (Fsp3) is 0.351. The van der Waals surface area contributed by atoms with Crippen LogP contribution in [0.15, 0.2) is 96.4 Å². The number of ether oxygens (including phenoxy) is 2. The SMILES string of the molecule is C[C@@H]1[C@H](CSc2ncccn2)O[C@H](c2cccc(-c3cccc(CNC(=O)[C@@H]4CCCN4C(=O)C(F)(F)F)c3)c2)O[C@@H]1c1ccc(CO)cc1. The van der Waals surface area contributed by atoms with Gasteiger partial charge >= 0.3 is 12.1 Å². The van der Waals surface area contributed by atoms with Gasteiger partial charge in [0.1, 0.15) is 6.04 Å². The number of aliphatic hydroxyl groups excluding tert-OH is 1. The standard InChI is InChI=1S/C37H37F3N4O5S/c1-23-31(22-50-36-41-15-5-16-42-36)48-34(49-32(23)26-13-11-24(21-45)12-14-26)29-9-3-8-28(19-29)27-7-2-6-25(18-27)20-43-33(46)30-10-4-17-44(30)35(47)37(38,39)40/h2-3,5-9,11-16,18-19,23,30-32,34,45H,4,10,17,20-22H2,1H3,(H,43,46)/t23-,30+,31+,32+,34+/m1/s1. The molecule has 3 heterocycles. The summed E-state index contributed by atoms with van der Waals surface area (Å²) in [6.45, 7) is 2.03. The Balaban J connectivity index is 1.18. The molecule has 13 heteroatoms. The first-order valence-electron chi connectivity index (χ1n) is 16.4. The van der Waals surface area contributed by atoms with Crippen molar-refractivity contribution in [2.45, 2.75) is 68.8 Å². The number of amides is 2. The molecular formula is C37H37F3N4O5S. The second-order valence-electron chi connectivity index (χ2n) is 12.4. The Morgan fingerprint density at radius 1 is 0.940 bits per heavy atom. The van der Waals surface area contributed by atoms with Crippen molar-refractivity contribution < 1.29 is 37.3 Å². The molecule has 50 heavy (non-hydrogen) atoms. The smallest absolute Gasteiger partial charge is 0.392 e. The van der Waals surface area contributed by atoms with Gasteiger partial charge in [0.2, 0.25) is 5.91 Å². The quantitative estimate of drug-likeness (QED) is 0.144. The zero-order chi connectivity index (χ0) is 35.3. The minimum Gasteiger partial charge on any atom is -0.392 e. The number of benzene rings is 3. The highest BCUT2D eigenvalue weighted by molar-refractivity contribution is 7.99. The molecule has 1 aromatic heterocycles. The van der Waals surface area contributed by atoms with Crippen molar-refractivity contribution in [1.29, 1.82) is 0 Å². The summed E-state index contributed by atoms with van der Waals surface area (Å²) < 4.78 is 52.4. The minimum atomic E-state index is -5.03. The van der Waals surface area contributed by atoms with Gasteiger partial charge in [-0.3, -0.25) is 9.59 Å². The number of nitrogens with zero attached hydrogens (tertiary/aromatic N) is 3. The molecule has 9 nitrogen and oxygen atoms in total. The molecule has 4 aromatic rings. The maximum absolute atomic E-state index is 13.0. The molecule has 0 saturated carbocycles. The highest BCUT2D eigenvalue weighted by Crippen LogP contribution is 2.43. The van der Waals surface area contributed by atoms with Crippen LogP contribution < -0.4 is 5.32 Å². The van der Waals surface area contributed by atoms with E-state index in [0.29, 0.717) is 22.2 Å². The number of rotatable bonds is 10. The fourth-order valence-corrected chi connectivity index (χ4v) is 7.27. The Hall–Kier alpha value is -4.30. The second kappa shape index (κ2) is 15.7. The number of aromatic nitrogens is 2. The average Bonchev–Trinajstić information content (AvgIpc) is 3.63. The third-order valence-corrected chi connectivity index (χ3v) is 9.95. The van der Waals surface area contributed by atoms with Crippen LogP contribution in [0, 0.1) is 5.92 Å². The van der Waals surface area contributed by atoms with E-state index < -0.39 is 30.3 Å². The first-order valence-corrected chi connectivity index (χ1v) is 17.3. The van der Waals surface area contributed by atoms with Gasteiger partial charge in [-0.25, -0.2) is 9.97 Å². The van der Waals surface area contributed by atoms with Crippen LogP contribution in [0.1, 0.15) is 54.4 Å². The van der Waals surface area contributed by atoms with Crippen molar-refractivity contribution >= 4 is 23.6 Å². The summed E-state index contributed by atoms with van der Waals surface area (Å²) in [6.07, 6.45) is -2.29. The maximum Gasteiger partial charge on any atom is 0.471 e. The lowest BCUT2D eigenvalue weighted by molar-refractivity contribution is -0.268. The average molecular weight is 707 g/mol. The van der Waals surface area contributed by atoms with Gasteiger partial charge < -0.3 is 24.8 Å². The Morgan fingerprint density at radius 2 is 1.66 bits per heavy atom. The van der Waals surface area contributed by atoms with Crippen LogP contribution in [0.3, 0.4) is 0 Å². The summed E-state index contributed by atoms with van der Waals surface area (Å²) in [5.74, 6) is -2.01. The number of alkyl halides is 3. The molecule has 0 bridgehead atoms. The molecule has 6 rings (SSSR count). The zero-order valence-corrected chi connectivity index (χ0v) is 28.1. The minimum absolute atomic E-state index is 0.0135. The fourth-order valence-electron chi connectivity index (χ4n) is 6.30. The monoisotopic (exact) mass is 706 g/mol. The zero-order valence-electron chi connectivity index (χ0n) is 27.3. The molecule has 0 radical (unpaired) electrons. The molecule has 2 aliphatic rings. The van der Waals surface area contributed by atoms with E-state index in [1.165, 1.54) is 11.8 Å². The summed E-state index contributed by atoms with van der Waals surface area (Å²) >= 11 is 1.51. The summed E-state index contributed by atoms with van der Waals surface area (Å²) in [6, 6.07) is 23.7. The predicted molar refractivity (Wildman–Crippen MR) is 180 cm³/mol. The van der Waals surface area contributed by atoms with Gasteiger partial charge in [0.25, 0.3) is 0 Å². The predicted octanol–water partition coefficient (Wildman–Crippen LogP) is 6.39. The van der Waals surface area contributed by atoms with E-state index in [-0.39, 0.29) is 44.2 Å². The third kappa shape index (κ3) is 8.35. The highest BCUT2D eigenvalue weighted by atomic mass is 32.2. The lowest BCUT2D eigenvalue weighted by Crippen LogP contribution is -2.50. The van der Waals surface area contributed by atoms with Crippen LogP contribution in [-0.4, -0.2) is 62.4 Å². The van der Waals surface area contributed by atoms with E-state index in [0.717, 1.165) is 33.4 Å². The van der Waals surface area contributed by atoms with Crippen molar-refractivity contribution in [2.75, 3.05) is 12.3 Å². The summed E-state index contributed by atoms with van der Waals surface area (Å²) in [4.78, 5) is 34.0. The molecule has 0 spiro atoms. The molecular weight excluding hydrogens is 669 g/mol. The number of carbonyl (C=O) groups is 2. The molecule has 2 saturated heterocycles. The van der Waals surface area contributed by atoms with Crippen molar-refractivity contribution in [3.8, 4) is 11.1 Å². The van der Waals surface area contributed by atoms with E-state index in [1.807, 2.05) is 72.8 Å². The Morgan fingerprint density at radius 3 is 2.38 bits per heavy atom. The number of aliphatic hydroxyl groups is 1. The maximum atomic E-state index is 13.0. The van der Waals surface area contributed by atoms with Crippen LogP contribution in [0.5, 0.6) is 0 Å². The van der Waals surface area contributed by atoms with E-state index in [1.54, 1.807) is 18.5 Å². The first-order chi connectivity index (χ1) is 24.1. The van der Waals surface area contributed by atoms with Crippen molar-refractivity contribution in [1.82, 2.24) is 20.2 Å². The van der Waals surface area contributed by atoms with Gasteiger partial charge in [-0.05, 0) is 58.9 Å². The number of thioether (sulfide) groups is 1. The Bertz CT molecular complexity index is 1780. The Kier molecular flexibility index (Phi) is 11.2. The van der Waals surface area contributed by atoms with Gasteiger partial charge in [-0.2, -0.15) is 13.2 Å². The number of hydrogen-bond donors (Lipinski definition) is 2. The highest BCUT2D eigenvalue weighted by Gasteiger charge is 2.47. The molecule has 2 amide bonds. The van der Waals surface area contributed by atoms with Crippen LogP contribution in [0.2, 0.25) is 0 Å². The van der Waals surface area contributed by atoms with Gasteiger partial charge in [0.15, 0.2) is 11.4 Å². The molecule has 2 fully saturated rings. The van der Waals surface area contributed by atoms with Crippen molar-refractivity contribution in [3.05, 3.63) is 114 Å². The molecule has 2 N–H and O–H groups in total. The second-order valence-corrected chi connectivity index (χ2v) is 13.3. The number of likely N-dealkylation sites (tertiary alicyclic amines) is 1. The molecule has 0 aliphatic carbocycles. The molecule has 0 unspecified atom stereocenters. The van der Waals surface area contributed by atoms with E-state index in [2.05, 4.69) is 22.2 Å². The van der Waals surface area contributed by atoms with Gasteiger partial charge in [-0.1, -0.05) is 79.3 Å². The summed E-state index contributed by atoms with van der Waals surface area (Å²) in [5.41, 5.74) is 5.09. The van der Waals surface area contributed by atoms with E-state index >= 15 is 0 Å². The Labute approximate surface area is 292 Å². The molecule has 262 valence electrons. The largest absolute Gasteiger partial charge is 0.471 e. The van der Waals surface area contributed by atoms with Crippen molar-refractivity contribution in [2.24, 2.45) is 5.92 Å². The third-order valence-electron chi connectivity index (χ3n) is 8.99. The first kappa shape index (κ1) is 35.5. The lowest BCUT2D eigenvalue weighted by Gasteiger charge is -2.41. The summed E-state index contributed by atoms with van der Waals surface area (Å²) in [7, 11) is 0. The van der Waals surface area contributed by atoms with E-state index in [9.17, 15) is 27.9 Å². The number of carbonyl (C=O) groups excluding carboxylic acids is 2. The topological polar surface area (TPSA) is 114 Å². The summed E-state index contributed by atoms with van der Waals surface area (Å²) in [5, 5.41) is 12.9. The van der Waals surface area contributed by atoms with Crippen LogP contribution in [-0.2, 0) is 32.2 Å².